The Morgan fingerprint density at radius 3 is 0.840 bits per heavy atom. The molecule has 8 aromatic rings. The Labute approximate surface area is 911 Å². The molecule has 20 rings (SSSR count). The van der Waals surface area contributed by atoms with Crippen LogP contribution in [0.3, 0.4) is 0 Å². The Bertz CT molecular complexity index is 6640. The molecule has 8 aromatic carbocycles. The van der Waals surface area contributed by atoms with Gasteiger partial charge in [0.2, 0.25) is 23.6 Å². The average Bonchev–Trinajstić information content (AvgIpc) is 1.55. The molecule has 0 bridgehead atoms. The molecule has 20 nitrogen and oxygen atoms in total. The first-order chi connectivity index (χ1) is 70.4. The molecule has 4 aliphatic carbocycles. The van der Waals surface area contributed by atoms with Gasteiger partial charge in [0.15, 0.2) is 23.1 Å². The largest absolute Gasteiger partial charge is 0.393 e. The molecule has 8 heterocycles. The molecule has 4 saturated carbocycles. The van der Waals surface area contributed by atoms with Crippen molar-refractivity contribution in [3.8, 4) is 0 Å². The third-order valence-corrected chi connectivity index (χ3v) is 35.5. The Balaban J connectivity index is 0.000000136. The highest BCUT2D eigenvalue weighted by Crippen LogP contribution is 2.64. The van der Waals surface area contributed by atoms with E-state index in [2.05, 4.69) is 84.1 Å². The maximum Gasteiger partial charge on any atom is 0.237 e. The van der Waals surface area contributed by atoms with E-state index in [1.165, 1.54) is 54.6 Å². The molecule has 4 amide bonds. The van der Waals surface area contributed by atoms with E-state index in [4.69, 9.17) is 92.8 Å². The number of carbonyl (C=O) groups is 8. The fraction of sp³-hybridized carbons (Fsp3) is 0.517. The molecule has 24 atom stereocenters. The second kappa shape index (κ2) is 43.5. The van der Waals surface area contributed by atoms with Crippen LogP contribution in [0.4, 0.5) is 49.1 Å². The molecule has 804 valence electrons. The number of aliphatic hydroxyl groups excluding tert-OH is 4. The maximum atomic E-state index is 15.8. The number of benzene rings is 8. The standard InChI is InChI=1S/2C29H32Cl2F2N2O3.2C29H33Cl2FN2O3/c1-28(2,3)13-24-29(17-11-21(33)19(31)12-22(17)34-27(29)38)25(15-5-7-20(32)18(30)10-15)26(35-24)23(37)9-14-4-6-16(36)8-14;1-28(2,3)13-23-29(17-11-20(32)19(31)12-21(17)34-27(29)38)24(16-5-4-6-18(30)25(16)33)26(35-23)22(37)10-14-7-8-15(36)9-14;1-28(2,3)14-24-29(19-8-6-17(30)13-22(19)33-27(29)37)25(16-5-9-21(32)20(31)12-16)26(34-24)23(36)11-15-4-7-18(35)10-15;1-28(2,3)14-23-29(19-10-8-16(30)13-21(19)33-27(29)37)24(18-5-4-6-20(31)25(18)32)26(34-23)22(36)12-15-7-9-17(35)11-15/h5,7,10-12,14,16,24-26,35-36H,4,6,8-9,13H2,1-3H3,(H,34,38);4-6,11-12,14-15,23-24,26,35-36H,7-10,13H2,1-3H3,(H,34,38);5-6,8-9,12-13,15,18,24-26,34-35H,4,7,10-11,14H2,1-3H3,(H,33,37);4-6,8,10,13,15,17,23-24,26,34-35H,7,9,11-12,14H2,1-3H3,(H,33,37)/t14?,16-,24-,25+,26+,29+;14?,15-,23-,24+,26+,29+;15?,18-,24-,25+,26+,29+;15?,17-,23-,24+,26+,29+/m1111/s1. The Morgan fingerprint density at radius 2 is 0.567 bits per heavy atom. The van der Waals surface area contributed by atoms with Gasteiger partial charge in [-0.25, -0.2) is 26.3 Å². The van der Waals surface area contributed by atoms with Gasteiger partial charge in [-0.2, -0.15) is 0 Å². The van der Waals surface area contributed by atoms with E-state index in [-0.39, 0.29) is 159 Å². The van der Waals surface area contributed by atoms with Crippen molar-refractivity contribution in [1.82, 2.24) is 21.3 Å². The minimum Gasteiger partial charge on any atom is -0.393 e. The summed E-state index contributed by atoms with van der Waals surface area (Å²) in [7, 11) is 0. The number of hydrogen-bond acceptors (Lipinski definition) is 16. The van der Waals surface area contributed by atoms with Gasteiger partial charge < -0.3 is 63.0 Å². The van der Waals surface area contributed by atoms with Crippen LogP contribution in [0.5, 0.6) is 0 Å². The van der Waals surface area contributed by atoms with Crippen molar-refractivity contribution >= 4 is 162 Å². The predicted molar refractivity (Wildman–Crippen MR) is 575 cm³/mol. The van der Waals surface area contributed by atoms with E-state index in [0.29, 0.717) is 144 Å². The molecule has 0 aromatic heterocycles. The van der Waals surface area contributed by atoms with Gasteiger partial charge in [-0.1, -0.05) is 224 Å². The smallest absolute Gasteiger partial charge is 0.237 e. The van der Waals surface area contributed by atoms with Crippen LogP contribution in [0.15, 0.2) is 133 Å². The van der Waals surface area contributed by atoms with Gasteiger partial charge in [0.25, 0.3) is 0 Å². The fourth-order valence-electron chi connectivity index (χ4n) is 27.4. The third kappa shape index (κ3) is 21.8. The number of halogens is 14. The van der Waals surface area contributed by atoms with Crippen molar-refractivity contribution in [3.05, 3.63) is 253 Å². The number of Topliss-reactive ketones (excluding diaryl/α,β-unsaturated/α-hetero) is 4. The van der Waals surface area contributed by atoms with Crippen molar-refractivity contribution in [1.29, 1.82) is 0 Å². The van der Waals surface area contributed by atoms with Crippen molar-refractivity contribution < 1.29 is 85.1 Å². The first-order valence-electron chi connectivity index (χ1n) is 51.9. The minimum atomic E-state index is -1.49. The van der Waals surface area contributed by atoms with Crippen molar-refractivity contribution in [3.63, 3.8) is 0 Å². The van der Waals surface area contributed by atoms with Crippen LogP contribution in [0, 0.1) is 80.2 Å². The van der Waals surface area contributed by atoms with E-state index in [1.807, 2.05) is 53.7 Å². The lowest BCUT2D eigenvalue weighted by Crippen LogP contribution is -2.49. The average molecular weight is 2230 g/mol. The monoisotopic (exact) mass is 2220 g/mol. The van der Waals surface area contributed by atoms with Crippen molar-refractivity contribution in [2.24, 2.45) is 45.3 Å². The minimum absolute atomic E-state index is 0.00252. The van der Waals surface area contributed by atoms with Gasteiger partial charge >= 0.3 is 0 Å². The van der Waals surface area contributed by atoms with Crippen LogP contribution in [0.1, 0.15) is 280 Å². The Hall–Kier alpha value is -8.10. The second-order valence-corrected chi connectivity index (χ2v) is 52.0. The number of aliphatic hydroxyl groups is 4. The summed E-state index contributed by atoms with van der Waals surface area (Å²) in [5, 5.41) is 66.3. The number of hydrogen-bond donors (Lipinski definition) is 12. The van der Waals surface area contributed by atoms with Crippen LogP contribution in [-0.4, -0.2) is 140 Å². The number of anilines is 4. The molecule has 150 heavy (non-hydrogen) atoms. The Kier molecular flexibility index (Phi) is 32.7. The zero-order valence-electron chi connectivity index (χ0n) is 85.7. The van der Waals surface area contributed by atoms with Crippen LogP contribution in [0.2, 0.25) is 40.2 Å². The van der Waals surface area contributed by atoms with Crippen LogP contribution in [0.25, 0.3) is 0 Å². The van der Waals surface area contributed by atoms with Gasteiger partial charge in [-0.3, -0.25) is 38.4 Å². The zero-order chi connectivity index (χ0) is 109. The highest BCUT2D eigenvalue weighted by Gasteiger charge is 2.71. The number of fused-ring (bicyclic) bond motifs is 8. The highest BCUT2D eigenvalue weighted by molar-refractivity contribution is 6.34. The molecule has 8 aliphatic heterocycles. The lowest BCUT2D eigenvalue weighted by atomic mass is 9.62. The highest BCUT2D eigenvalue weighted by atomic mass is 35.5. The number of rotatable bonds is 20. The van der Waals surface area contributed by atoms with E-state index in [0.717, 1.165) is 31.2 Å². The Morgan fingerprint density at radius 1 is 0.307 bits per heavy atom. The van der Waals surface area contributed by atoms with E-state index in [9.17, 15) is 76.3 Å². The van der Waals surface area contributed by atoms with E-state index < -0.39 is 147 Å². The maximum absolute atomic E-state index is 15.8. The topological polar surface area (TPSA) is 314 Å². The number of amides is 4. The number of carbonyl (C=O) groups excluding carboxylic acids is 8. The molecular formula is C116H130Cl8F6N8O12. The molecular weight excluding hydrogens is 2090 g/mol. The normalized spacial score (nSPS) is 30.9. The zero-order valence-corrected chi connectivity index (χ0v) is 91.8. The quantitative estimate of drug-likeness (QED) is 0.0316. The van der Waals surface area contributed by atoms with Gasteiger partial charge in [0, 0.05) is 106 Å². The summed E-state index contributed by atoms with van der Waals surface area (Å²) < 4.78 is 89.9. The molecule has 8 fully saturated rings. The number of nitrogens with one attached hydrogen (secondary N) is 8. The molecule has 4 saturated heterocycles. The van der Waals surface area contributed by atoms with Gasteiger partial charge in [-0.15, -0.1) is 0 Å². The summed E-state index contributed by atoms with van der Waals surface area (Å²) in [6.07, 6.45) is 9.48. The van der Waals surface area contributed by atoms with E-state index in [1.54, 1.807) is 66.7 Å². The molecule has 12 aliphatic rings. The van der Waals surface area contributed by atoms with Gasteiger partial charge in [-0.05, 0) is 278 Å². The lowest BCUT2D eigenvalue weighted by Gasteiger charge is -2.37. The summed E-state index contributed by atoms with van der Waals surface area (Å²) in [5.41, 5.74) is -0.367. The van der Waals surface area contributed by atoms with Crippen molar-refractivity contribution in [2.45, 2.75) is 330 Å². The van der Waals surface area contributed by atoms with Crippen molar-refractivity contribution in [2.75, 3.05) is 21.3 Å². The molecule has 0 radical (unpaired) electrons. The molecule has 4 spiro atoms. The van der Waals surface area contributed by atoms with Gasteiger partial charge in [0.05, 0.1) is 78.7 Å². The van der Waals surface area contributed by atoms with Crippen LogP contribution in [-0.2, 0) is 60.0 Å². The number of ketones is 4. The second-order valence-electron chi connectivity index (χ2n) is 48.7. The summed E-state index contributed by atoms with van der Waals surface area (Å²) >= 11 is 49.6. The van der Waals surface area contributed by atoms with Crippen LogP contribution >= 0.6 is 92.8 Å². The SMILES string of the molecule is CC(C)(C)C[C@H]1N[C@@H](C(=O)CC2CC[C@@H](O)C2)[C@H](c2ccc(F)c(Cl)c2)[C@@]12C(=O)Nc1cc(Cl)c(F)cc12.CC(C)(C)C[C@H]1N[C@@H](C(=O)CC2CC[C@@H](O)C2)[C@H](c2ccc(F)c(Cl)c2)[C@@]12C(=O)Nc1cc(Cl)ccc12.CC(C)(C)C[C@H]1N[C@@H](C(=O)CC2CC[C@@H](O)C2)[C@H](c2cccc(Cl)c2F)[C@@]12C(=O)Nc1cc(Cl)c(F)cc12.CC(C)(C)C[C@H]1N[C@@H](C(=O)CC2CC[C@@H](O)C2)[C@H](c2cccc(Cl)c2F)[C@@]12C(=O)Nc1cc(Cl)ccc12. The summed E-state index contributed by atoms with van der Waals surface area (Å²) in [6, 6.07) is 28.8. The predicted octanol–water partition coefficient (Wildman–Crippen LogP) is 24.3. The third-order valence-electron chi connectivity index (χ3n) is 33.3. The summed E-state index contributed by atoms with van der Waals surface area (Å²) in [6.45, 7) is 24.7. The van der Waals surface area contributed by atoms with Crippen LogP contribution < -0.4 is 42.5 Å². The molecule has 34 heteroatoms. The van der Waals surface area contributed by atoms with E-state index >= 15 is 8.78 Å². The summed E-state index contributed by atoms with van der Waals surface area (Å²) in [4.78, 5) is 112. The summed E-state index contributed by atoms with van der Waals surface area (Å²) in [5.74, 6) is -8.48. The first-order valence-corrected chi connectivity index (χ1v) is 55.0. The first kappa shape index (κ1) is 113. The fourth-order valence-corrected chi connectivity index (χ4v) is 28.8. The molecule has 4 unspecified atom stereocenters. The lowest BCUT2D eigenvalue weighted by molar-refractivity contribution is -0.124. The van der Waals surface area contributed by atoms with Gasteiger partial charge in [0.1, 0.15) is 56.6 Å². The molecule has 12 N–H and O–H groups in total.